The monoisotopic (exact) mass is 314 g/mol. The van der Waals surface area contributed by atoms with Gasteiger partial charge in [0.2, 0.25) is 5.91 Å². The number of rotatable bonds is 4. The number of carbonyl (C=O) groups is 3. The summed E-state index contributed by atoms with van der Waals surface area (Å²) in [5.41, 5.74) is 0. The topological polar surface area (TPSA) is 105 Å². The quantitative estimate of drug-likeness (QED) is 0.633. The van der Waals surface area contributed by atoms with Gasteiger partial charge in [-0.05, 0) is 26.3 Å². The number of ether oxygens (including phenoxy) is 1. The Morgan fingerprint density at radius 1 is 1.38 bits per heavy atom. The summed E-state index contributed by atoms with van der Waals surface area (Å²) in [5, 5.41) is 13.6. The summed E-state index contributed by atoms with van der Waals surface area (Å²) < 4.78 is 37.1. The van der Waals surface area contributed by atoms with E-state index in [-0.39, 0.29) is 25.1 Å². The lowest BCUT2D eigenvalue weighted by atomic mass is 10.2. The number of alkyl halides is 3. The summed E-state index contributed by atoms with van der Waals surface area (Å²) in [4.78, 5) is 30.9. The van der Waals surface area contributed by atoms with Crippen LogP contribution in [0.4, 0.5) is 13.2 Å². The van der Waals surface area contributed by atoms with Crippen molar-refractivity contribution in [1.29, 1.82) is 0 Å². The fourth-order valence-electron chi connectivity index (χ4n) is 1.41. The van der Waals surface area contributed by atoms with Gasteiger partial charge in [-0.3, -0.25) is 9.59 Å². The summed E-state index contributed by atoms with van der Waals surface area (Å²) in [6.07, 6.45) is -3.08. The molecule has 0 saturated carbocycles. The molecule has 0 aromatic rings. The van der Waals surface area contributed by atoms with Crippen LogP contribution in [0.2, 0.25) is 0 Å². The molecular weight excluding hydrogens is 297 g/mol. The van der Waals surface area contributed by atoms with Crippen LogP contribution in [0.3, 0.4) is 0 Å². The second-order valence-electron chi connectivity index (χ2n) is 3.98. The third-order valence-corrected chi connectivity index (χ3v) is 2.30. The number of hydrogen-bond acceptors (Lipinski definition) is 5. The van der Waals surface area contributed by atoms with Gasteiger partial charge in [0.15, 0.2) is 0 Å². The van der Waals surface area contributed by atoms with Crippen LogP contribution in [0, 0.1) is 0 Å². The molecule has 0 bridgehead atoms. The molecule has 0 aromatic heterocycles. The van der Waals surface area contributed by atoms with Crippen LogP contribution < -0.4 is 10.6 Å². The first-order chi connectivity index (χ1) is 9.68. The standard InChI is InChI=1S/C7H12N2O3.C4H5F3O2/c10-6(11)4-9-7(12)5-2-1-3-8-5;1-2-9-3(8)4(5,6)7/h5,8H,1-4H2,(H,9,12)(H,10,11);2H2,1H3/t5-;/m0./s1. The van der Waals surface area contributed by atoms with E-state index in [1.54, 1.807) is 0 Å². The van der Waals surface area contributed by atoms with Crippen LogP contribution in [-0.4, -0.2) is 54.9 Å². The first-order valence-corrected chi connectivity index (χ1v) is 6.15. The summed E-state index contributed by atoms with van der Waals surface area (Å²) in [6.45, 7) is 1.60. The Bertz CT molecular complexity index is 367. The summed E-state index contributed by atoms with van der Waals surface area (Å²) in [6, 6.07) is -0.190. The molecule has 7 nitrogen and oxygen atoms in total. The molecule has 0 spiro atoms. The normalized spacial score (nSPS) is 17.4. The van der Waals surface area contributed by atoms with Gasteiger partial charge in [-0.1, -0.05) is 0 Å². The predicted molar refractivity (Wildman–Crippen MR) is 64.4 cm³/mol. The van der Waals surface area contributed by atoms with E-state index in [0.717, 1.165) is 19.4 Å². The molecule has 122 valence electrons. The van der Waals surface area contributed by atoms with E-state index in [0.29, 0.717) is 0 Å². The Labute approximate surface area is 118 Å². The Balaban J connectivity index is 0.000000400. The second-order valence-corrected chi connectivity index (χ2v) is 3.98. The van der Waals surface area contributed by atoms with Gasteiger partial charge in [-0.25, -0.2) is 4.79 Å². The van der Waals surface area contributed by atoms with Crippen molar-refractivity contribution in [1.82, 2.24) is 10.6 Å². The smallest absolute Gasteiger partial charge is 0.480 e. The lowest BCUT2D eigenvalue weighted by Gasteiger charge is -2.08. The van der Waals surface area contributed by atoms with Crippen LogP contribution in [0.1, 0.15) is 19.8 Å². The van der Waals surface area contributed by atoms with Gasteiger partial charge in [-0.2, -0.15) is 13.2 Å². The number of nitrogens with one attached hydrogen (secondary N) is 2. The van der Waals surface area contributed by atoms with Crippen LogP contribution in [0.15, 0.2) is 0 Å². The highest BCUT2D eigenvalue weighted by atomic mass is 19.4. The minimum Gasteiger partial charge on any atom is -0.480 e. The van der Waals surface area contributed by atoms with Gasteiger partial charge in [-0.15, -0.1) is 0 Å². The van der Waals surface area contributed by atoms with E-state index >= 15 is 0 Å². The molecule has 0 unspecified atom stereocenters. The maximum absolute atomic E-state index is 11.2. The average molecular weight is 314 g/mol. The van der Waals surface area contributed by atoms with Gasteiger partial charge in [0.05, 0.1) is 12.6 Å². The maximum atomic E-state index is 11.2. The van der Waals surface area contributed by atoms with E-state index < -0.39 is 18.1 Å². The number of carboxylic acid groups (broad SMARTS) is 1. The average Bonchev–Trinajstić information content (AvgIpc) is 2.89. The number of hydrogen-bond donors (Lipinski definition) is 3. The fraction of sp³-hybridized carbons (Fsp3) is 0.727. The van der Waals surface area contributed by atoms with Crippen LogP contribution >= 0.6 is 0 Å². The molecule has 1 amide bonds. The minimum absolute atomic E-state index is 0.190. The Morgan fingerprint density at radius 3 is 2.33 bits per heavy atom. The number of amides is 1. The Kier molecular flexibility index (Phi) is 8.36. The molecular formula is C11H17F3N2O5. The molecule has 0 radical (unpaired) electrons. The minimum atomic E-state index is -4.85. The number of carbonyl (C=O) groups excluding carboxylic acids is 2. The van der Waals surface area contributed by atoms with Crippen molar-refractivity contribution in [2.45, 2.75) is 32.0 Å². The van der Waals surface area contributed by atoms with Crippen molar-refractivity contribution in [2.75, 3.05) is 19.7 Å². The first-order valence-electron chi connectivity index (χ1n) is 6.15. The predicted octanol–water partition coefficient (Wildman–Crippen LogP) is 0.0510. The molecule has 1 atom stereocenters. The summed E-state index contributed by atoms with van der Waals surface area (Å²) in [5.74, 6) is -3.36. The van der Waals surface area contributed by atoms with Gasteiger partial charge in [0.1, 0.15) is 6.54 Å². The number of halogens is 3. The van der Waals surface area contributed by atoms with E-state index in [4.69, 9.17) is 5.11 Å². The van der Waals surface area contributed by atoms with Crippen molar-refractivity contribution in [3.63, 3.8) is 0 Å². The highest BCUT2D eigenvalue weighted by Gasteiger charge is 2.40. The Hall–Kier alpha value is -1.84. The number of carboxylic acids is 1. The van der Waals surface area contributed by atoms with Crippen LogP contribution in [0.25, 0.3) is 0 Å². The highest BCUT2D eigenvalue weighted by molar-refractivity contribution is 5.85. The van der Waals surface area contributed by atoms with Crippen molar-refractivity contribution in [3.8, 4) is 0 Å². The molecule has 1 fully saturated rings. The van der Waals surface area contributed by atoms with Gasteiger partial charge in [0, 0.05) is 0 Å². The molecule has 1 rings (SSSR count). The molecule has 1 aliphatic heterocycles. The van der Waals surface area contributed by atoms with Crippen molar-refractivity contribution < 1.29 is 37.4 Å². The summed E-state index contributed by atoms with van der Waals surface area (Å²) in [7, 11) is 0. The zero-order chi connectivity index (χ0) is 16.5. The second kappa shape index (κ2) is 9.16. The van der Waals surface area contributed by atoms with E-state index in [1.807, 2.05) is 0 Å². The lowest BCUT2D eigenvalue weighted by Crippen LogP contribution is -2.42. The van der Waals surface area contributed by atoms with E-state index in [2.05, 4.69) is 15.4 Å². The SMILES string of the molecule is CCOC(=O)C(F)(F)F.O=C(O)CNC(=O)[C@@H]1CCCN1. The highest BCUT2D eigenvalue weighted by Crippen LogP contribution is 2.15. The van der Waals surface area contributed by atoms with Crippen LogP contribution in [-0.2, 0) is 19.1 Å². The van der Waals surface area contributed by atoms with Crippen LogP contribution in [0.5, 0.6) is 0 Å². The van der Waals surface area contributed by atoms with Gasteiger partial charge < -0.3 is 20.5 Å². The molecule has 21 heavy (non-hydrogen) atoms. The number of esters is 1. The molecule has 1 heterocycles. The van der Waals surface area contributed by atoms with Gasteiger partial charge >= 0.3 is 18.1 Å². The third kappa shape index (κ3) is 8.84. The lowest BCUT2D eigenvalue weighted by molar-refractivity contribution is -0.199. The number of aliphatic carboxylic acids is 1. The summed E-state index contributed by atoms with van der Waals surface area (Å²) >= 11 is 0. The maximum Gasteiger partial charge on any atom is 0.490 e. The molecule has 1 saturated heterocycles. The largest absolute Gasteiger partial charge is 0.490 e. The van der Waals surface area contributed by atoms with Crippen molar-refractivity contribution >= 4 is 17.8 Å². The molecule has 10 heteroatoms. The van der Waals surface area contributed by atoms with Crippen molar-refractivity contribution in [2.24, 2.45) is 0 Å². The fourth-order valence-corrected chi connectivity index (χ4v) is 1.41. The zero-order valence-electron chi connectivity index (χ0n) is 11.3. The van der Waals surface area contributed by atoms with Crippen molar-refractivity contribution in [3.05, 3.63) is 0 Å². The van der Waals surface area contributed by atoms with E-state index in [1.165, 1.54) is 6.92 Å². The molecule has 0 aromatic carbocycles. The molecule has 3 N–H and O–H groups in total. The zero-order valence-corrected chi connectivity index (χ0v) is 11.3. The molecule has 0 aliphatic carbocycles. The Morgan fingerprint density at radius 2 is 2.00 bits per heavy atom. The first kappa shape index (κ1) is 19.2. The van der Waals surface area contributed by atoms with Gasteiger partial charge in [0.25, 0.3) is 0 Å². The third-order valence-electron chi connectivity index (χ3n) is 2.30. The van der Waals surface area contributed by atoms with E-state index in [9.17, 15) is 27.6 Å². The molecule has 1 aliphatic rings.